The fraction of sp³-hybridized carbons (Fsp3) is 1.00. The summed E-state index contributed by atoms with van der Waals surface area (Å²) in [4.78, 5) is 0. The molecule has 28 heavy (non-hydrogen) atoms. The minimum Gasteiger partial charge on any atom is -0.261 e. The number of alkyl halides is 8. The summed E-state index contributed by atoms with van der Waals surface area (Å²) in [5.74, 6) is 0. The van der Waals surface area contributed by atoms with Crippen LogP contribution in [0.1, 0.15) is 32.6 Å². The van der Waals surface area contributed by atoms with Crippen LogP contribution >= 0.6 is 0 Å². The third-order valence-corrected chi connectivity index (χ3v) is 7.51. The van der Waals surface area contributed by atoms with Gasteiger partial charge in [0.05, 0.1) is 10.5 Å². The van der Waals surface area contributed by atoms with Crippen molar-refractivity contribution in [2.45, 2.75) is 74.1 Å². The summed E-state index contributed by atoms with van der Waals surface area (Å²) in [6.07, 6.45) is -24.1. The predicted molar refractivity (Wildman–Crippen MR) is 77.4 cm³/mol. The SMILES string of the molecule is CC(OS(=O)(=O)C1CCC(S(=O)(=O)OC(C(F)(F)F)C(F)(F)F)CC1)C(F)F. The number of hydrogen-bond donors (Lipinski definition) is 0. The van der Waals surface area contributed by atoms with Crippen LogP contribution < -0.4 is 0 Å². The van der Waals surface area contributed by atoms with Gasteiger partial charge in [-0.15, -0.1) is 0 Å². The molecule has 0 N–H and O–H groups in total. The van der Waals surface area contributed by atoms with E-state index in [0.29, 0.717) is 0 Å². The Hall–Kier alpha value is -0.740. The van der Waals surface area contributed by atoms with Crippen molar-refractivity contribution in [2.24, 2.45) is 0 Å². The second-order valence-corrected chi connectivity index (χ2v) is 9.77. The first-order valence-corrected chi connectivity index (χ1v) is 10.6. The van der Waals surface area contributed by atoms with E-state index in [-0.39, 0.29) is 0 Å². The molecule has 0 saturated heterocycles. The van der Waals surface area contributed by atoms with E-state index in [0.717, 1.165) is 6.92 Å². The molecule has 16 heteroatoms. The van der Waals surface area contributed by atoms with Gasteiger partial charge in [-0.2, -0.15) is 43.2 Å². The molecule has 0 aliphatic heterocycles. The van der Waals surface area contributed by atoms with E-state index in [1.165, 1.54) is 0 Å². The third-order valence-electron chi connectivity index (χ3n) is 3.90. The highest BCUT2D eigenvalue weighted by molar-refractivity contribution is 7.87. The van der Waals surface area contributed by atoms with Gasteiger partial charge < -0.3 is 0 Å². The van der Waals surface area contributed by atoms with E-state index in [1.54, 1.807) is 0 Å². The first-order chi connectivity index (χ1) is 12.4. The van der Waals surface area contributed by atoms with Gasteiger partial charge in [-0.1, -0.05) is 0 Å². The molecule has 0 amide bonds. The van der Waals surface area contributed by atoms with Crippen LogP contribution in [0.2, 0.25) is 0 Å². The van der Waals surface area contributed by atoms with E-state index in [1.807, 2.05) is 0 Å². The van der Waals surface area contributed by atoms with Gasteiger partial charge >= 0.3 is 12.4 Å². The zero-order valence-electron chi connectivity index (χ0n) is 14.0. The fourth-order valence-corrected chi connectivity index (χ4v) is 5.46. The van der Waals surface area contributed by atoms with Crippen molar-refractivity contribution in [1.29, 1.82) is 0 Å². The molecule has 0 heterocycles. The summed E-state index contributed by atoms with van der Waals surface area (Å²) in [6.45, 7) is 0.778. The van der Waals surface area contributed by atoms with Gasteiger partial charge in [-0.3, -0.25) is 4.18 Å². The van der Waals surface area contributed by atoms with Crippen LogP contribution in [-0.4, -0.2) is 58.3 Å². The van der Waals surface area contributed by atoms with Gasteiger partial charge in [-0.25, -0.2) is 13.0 Å². The first kappa shape index (κ1) is 25.3. The Morgan fingerprint density at radius 3 is 1.36 bits per heavy atom. The topological polar surface area (TPSA) is 86.7 Å². The van der Waals surface area contributed by atoms with Crippen LogP contribution in [0.25, 0.3) is 0 Å². The molecule has 0 bridgehead atoms. The lowest BCUT2D eigenvalue weighted by Gasteiger charge is -2.30. The third kappa shape index (κ3) is 6.66. The summed E-state index contributed by atoms with van der Waals surface area (Å²) in [5, 5.41) is -3.25. The molecule has 1 aliphatic carbocycles. The minimum absolute atomic E-state index is 0.533. The van der Waals surface area contributed by atoms with E-state index >= 15 is 0 Å². The zero-order chi connectivity index (χ0) is 22.1. The van der Waals surface area contributed by atoms with E-state index < -0.39 is 87.4 Å². The molecule has 1 saturated carbocycles. The van der Waals surface area contributed by atoms with Crippen LogP contribution in [0.3, 0.4) is 0 Å². The quantitative estimate of drug-likeness (QED) is 0.418. The lowest BCUT2D eigenvalue weighted by Crippen LogP contribution is -2.47. The highest BCUT2D eigenvalue weighted by Crippen LogP contribution is 2.39. The van der Waals surface area contributed by atoms with Crippen LogP contribution in [-0.2, 0) is 28.6 Å². The molecular weight excluding hydrogens is 456 g/mol. The van der Waals surface area contributed by atoms with E-state index in [2.05, 4.69) is 8.37 Å². The maximum absolute atomic E-state index is 12.5. The van der Waals surface area contributed by atoms with Crippen molar-refractivity contribution >= 4 is 20.2 Å². The van der Waals surface area contributed by atoms with Crippen molar-refractivity contribution in [3.8, 4) is 0 Å². The monoisotopic (exact) mass is 472 g/mol. The average molecular weight is 472 g/mol. The fourth-order valence-electron chi connectivity index (χ4n) is 2.45. The minimum atomic E-state index is -6.04. The molecule has 1 unspecified atom stereocenters. The number of rotatable bonds is 7. The van der Waals surface area contributed by atoms with Gasteiger partial charge in [0.1, 0.15) is 6.10 Å². The maximum Gasteiger partial charge on any atom is 0.425 e. The second kappa shape index (κ2) is 8.55. The van der Waals surface area contributed by atoms with Crippen molar-refractivity contribution < 1.29 is 60.3 Å². The molecule has 168 valence electrons. The van der Waals surface area contributed by atoms with Gasteiger partial charge in [0.25, 0.3) is 32.8 Å². The maximum atomic E-state index is 12.5. The van der Waals surface area contributed by atoms with Crippen LogP contribution in [0.15, 0.2) is 0 Å². The molecule has 1 rings (SSSR count). The number of halogens is 8. The summed E-state index contributed by atoms with van der Waals surface area (Å²) >= 11 is 0. The molecule has 0 radical (unpaired) electrons. The molecule has 0 aromatic rings. The average Bonchev–Trinajstić information content (AvgIpc) is 2.50. The largest absolute Gasteiger partial charge is 0.425 e. The van der Waals surface area contributed by atoms with Gasteiger partial charge in [0, 0.05) is 0 Å². The first-order valence-electron chi connectivity index (χ1n) is 7.63. The summed E-state index contributed by atoms with van der Waals surface area (Å²) in [6, 6.07) is 0. The molecule has 1 atom stereocenters. The van der Waals surface area contributed by atoms with Crippen molar-refractivity contribution in [1.82, 2.24) is 0 Å². The lowest BCUT2D eigenvalue weighted by atomic mass is 10.00. The van der Waals surface area contributed by atoms with Crippen LogP contribution in [0.5, 0.6) is 0 Å². The summed E-state index contributed by atoms with van der Waals surface area (Å²) in [7, 11) is -9.89. The normalized spacial score (nSPS) is 24.0. The number of hydrogen-bond acceptors (Lipinski definition) is 6. The smallest absolute Gasteiger partial charge is 0.261 e. The summed E-state index contributed by atoms with van der Waals surface area (Å²) < 4.78 is 154. The molecule has 0 aromatic carbocycles. The standard InChI is InChI=1S/C12H16F8O6S2/c1-6(9(13)14)25-27(21,22)7-2-4-8(5-3-7)28(23,24)26-10(11(15,16)17)12(18,19)20/h6-10H,2-5H2,1H3. The van der Waals surface area contributed by atoms with Gasteiger partial charge in [-0.05, 0) is 32.6 Å². The van der Waals surface area contributed by atoms with Crippen molar-refractivity contribution in [2.75, 3.05) is 0 Å². The van der Waals surface area contributed by atoms with Crippen LogP contribution in [0.4, 0.5) is 35.1 Å². The Balaban J connectivity index is 2.84. The Labute approximate surface area is 155 Å². The highest BCUT2D eigenvalue weighted by Gasteiger charge is 2.60. The van der Waals surface area contributed by atoms with Gasteiger partial charge in [0.2, 0.25) is 0 Å². The molecule has 1 fully saturated rings. The molecule has 6 nitrogen and oxygen atoms in total. The summed E-state index contributed by atoms with van der Waals surface area (Å²) in [5.41, 5.74) is 0. The second-order valence-electron chi connectivity index (χ2n) is 6.08. The Kier molecular flexibility index (Phi) is 7.73. The Morgan fingerprint density at radius 2 is 1.07 bits per heavy atom. The predicted octanol–water partition coefficient (Wildman–Crippen LogP) is 3.14. The molecule has 0 spiro atoms. The zero-order valence-corrected chi connectivity index (χ0v) is 15.6. The van der Waals surface area contributed by atoms with Crippen LogP contribution in [0, 0.1) is 0 Å². The van der Waals surface area contributed by atoms with Crippen molar-refractivity contribution in [3.05, 3.63) is 0 Å². The van der Waals surface area contributed by atoms with Gasteiger partial charge in [0.15, 0.2) is 0 Å². The molecular formula is C12H16F8O6S2. The van der Waals surface area contributed by atoms with E-state index in [4.69, 9.17) is 0 Å². The van der Waals surface area contributed by atoms with Crippen molar-refractivity contribution in [3.63, 3.8) is 0 Å². The lowest BCUT2D eigenvalue weighted by molar-refractivity contribution is -0.299. The molecule has 1 aliphatic rings. The Morgan fingerprint density at radius 1 is 0.750 bits per heavy atom. The Bertz CT molecular complexity index is 708. The van der Waals surface area contributed by atoms with E-state index in [9.17, 15) is 52.0 Å². The highest BCUT2D eigenvalue weighted by atomic mass is 32.2. The molecule has 0 aromatic heterocycles.